The van der Waals surface area contributed by atoms with E-state index in [4.69, 9.17) is 0 Å². The summed E-state index contributed by atoms with van der Waals surface area (Å²) in [7, 11) is 0. The maximum atomic E-state index is 11.4. The Morgan fingerprint density at radius 2 is 2.18 bits per heavy atom. The minimum atomic E-state index is 0.447. The van der Waals surface area contributed by atoms with Crippen LogP contribution in [-0.4, -0.2) is 5.78 Å². The van der Waals surface area contributed by atoms with Crippen LogP contribution in [0.25, 0.3) is 0 Å². The molecule has 0 bridgehead atoms. The average molecular weight is 154 g/mol. The maximum absolute atomic E-state index is 11.4. The van der Waals surface area contributed by atoms with Crippen LogP contribution in [0, 0.1) is 17.8 Å². The lowest BCUT2D eigenvalue weighted by Crippen LogP contribution is -2.05. The fourth-order valence-electron chi connectivity index (χ4n) is 1.65. The predicted molar refractivity (Wildman–Crippen MR) is 46.4 cm³/mol. The molecule has 0 aromatic heterocycles. The highest BCUT2D eigenvalue weighted by molar-refractivity contribution is 5.83. The van der Waals surface area contributed by atoms with Crippen molar-refractivity contribution in [1.29, 1.82) is 0 Å². The van der Waals surface area contributed by atoms with Crippen molar-refractivity contribution in [3.8, 4) is 0 Å². The van der Waals surface area contributed by atoms with E-state index in [2.05, 4.69) is 20.8 Å². The molecule has 1 rings (SSSR count). The molecule has 0 spiro atoms. The standard InChI is InChI=1S/C10H18O/c1-4-8-6-9(8)10(11)5-7(2)3/h7-9H,4-6H2,1-3H3/t8-,9-/m1/s1. The molecule has 0 unspecified atom stereocenters. The first-order valence-electron chi connectivity index (χ1n) is 4.67. The molecule has 0 saturated heterocycles. The molecule has 1 aliphatic rings. The molecule has 64 valence electrons. The zero-order valence-corrected chi connectivity index (χ0v) is 7.76. The summed E-state index contributed by atoms with van der Waals surface area (Å²) in [4.78, 5) is 11.4. The Morgan fingerprint density at radius 3 is 2.55 bits per heavy atom. The Morgan fingerprint density at radius 1 is 1.55 bits per heavy atom. The zero-order chi connectivity index (χ0) is 8.43. The molecule has 1 nitrogen and oxygen atoms in total. The second kappa shape index (κ2) is 3.38. The van der Waals surface area contributed by atoms with Crippen LogP contribution in [0.5, 0.6) is 0 Å². The van der Waals surface area contributed by atoms with Gasteiger partial charge >= 0.3 is 0 Å². The summed E-state index contributed by atoms with van der Waals surface area (Å²) in [6.07, 6.45) is 3.15. The van der Waals surface area contributed by atoms with E-state index >= 15 is 0 Å². The number of hydrogen-bond donors (Lipinski definition) is 0. The second-order valence-electron chi connectivity index (χ2n) is 4.07. The minimum Gasteiger partial charge on any atom is -0.299 e. The van der Waals surface area contributed by atoms with Crippen LogP contribution >= 0.6 is 0 Å². The van der Waals surface area contributed by atoms with Crippen molar-refractivity contribution in [3.05, 3.63) is 0 Å². The summed E-state index contributed by atoms with van der Waals surface area (Å²) in [6, 6.07) is 0. The predicted octanol–water partition coefficient (Wildman–Crippen LogP) is 2.65. The van der Waals surface area contributed by atoms with Crippen LogP contribution in [0.3, 0.4) is 0 Å². The normalized spacial score (nSPS) is 29.1. The van der Waals surface area contributed by atoms with E-state index in [0.29, 0.717) is 17.6 Å². The van der Waals surface area contributed by atoms with Crippen molar-refractivity contribution >= 4 is 5.78 Å². The van der Waals surface area contributed by atoms with Gasteiger partial charge in [0.1, 0.15) is 5.78 Å². The SMILES string of the molecule is CC[C@@H]1C[C@H]1C(=O)CC(C)C. The molecular formula is C10H18O. The van der Waals surface area contributed by atoms with Crippen LogP contribution in [0.1, 0.15) is 40.0 Å². The molecule has 1 saturated carbocycles. The summed E-state index contributed by atoms with van der Waals surface area (Å²) < 4.78 is 0. The lowest BCUT2D eigenvalue weighted by atomic mass is 10.0. The molecule has 0 N–H and O–H groups in total. The Kier molecular flexibility index (Phi) is 2.69. The van der Waals surface area contributed by atoms with Gasteiger partial charge in [-0.05, 0) is 18.3 Å². The fraction of sp³-hybridized carbons (Fsp3) is 0.900. The Bertz CT molecular complexity index is 149. The molecule has 0 aromatic rings. The lowest BCUT2D eigenvalue weighted by molar-refractivity contribution is -0.121. The number of Topliss-reactive ketones (excluding diaryl/α,β-unsaturated/α-hetero) is 1. The molecule has 0 amide bonds. The number of carbonyl (C=O) groups excluding carboxylic acids is 1. The molecule has 1 aliphatic carbocycles. The summed E-state index contributed by atoms with van der Waals surface area (Å²) in [5.74, 6) is 2.23. The van der Waals surface area contributed by atoms with Gasteiger partial charge in [0.25, 0.3) is 0 Å². The van der Waals surface area contributed by atoms with Crippen molar-refractivity contribution in [3.63, 3.8) is 0 Å². The van der Waals surface area contributed by atoms with E-state index in [9.17, 15) is 4.79 Å². The van der Waals surface area contributed by atoms with Gasteiger partial charge in [-0.15, -0.1) is 0 Å². The van der Waals surface area contributed by atoms with Gasteiger partial charge in [0.15, 0.2) is 0 Å². The summed E-state index contributed by atoms with van der Waals surface area (Å²) in [5.41, 5.74) is 0. The number of hydrogen-bond acceptors (Lipinski definition) is 1. The molecule has 0 radical (unpaired) electrons. The van der Waals surface area contributed by atoms with Crippen LogP contribution in [0.4, 0.5) is 0 Å². The largest absolute Gasteiger partial charge is 0.299 e. The number of rotatable bonds is 4. The van der Waals surface area contributed by atoms with Gasteiger partial charge in [0.2, 0.25) is 0 Å². The highest BCUT2D eigenvalue weighted by Crippen LogP contribution is 2.42. The molecule has 0 aromatic carbocycles. The summed E-state index contributed by atoms with van der Waals surface area (Å²) in [6.45, 7) is 6.40. The highest BCUT2D eigenvalue weighted by Gasteiger charge is 2.40. The van der Waals surface area contributed by atoms with Crippen molar-refractivity contribution in [1.82, 2.24) is 0 Å². The molecule has 0 aliphatic heterocycles. The van der Waals surface area contributed by atoms with Crippen LogP contribution in [0.2, 0.25) is 0 Å². The Hall–Kier alpha value is -0.330. The maximum Gasteiger partial charge on any atom is 0.136 e. The van der Waals surface area contributed by atoms with Gasteiger partial charge in [0.05, 0.1) is 0 Å². The van der Waals surface area contributed by atoms with E-state index in [1.54, 1.807) is 0 Å². The van der Waals surface area contributed by atoms with E-state index in [-0.39, 0.29) is 0 Å². The van der Waals surface area contributed by atoms with Crippen molar-refractivity contribution in [2.75, 3.05) is 0 Å². The van der Waals surface area contributed by atoms with Gasteiger partial charge in [-0.25, -0.2) is 0 Å². The zero-order valence-electron chi connectivity index (χ0n) is 7.76. The van der Waals surface area contributed by atoms with Gasteiger partial charge < -0.3 is 0 Å². The Labute approximate surface area is 69.2 Å². The monoisotopic (exact) mass is 154 g/mol. The fourth-order valence-corrected chi connectivity index (χ4v) is 1.65. The van der Waals surface area contributed by atoms with Gasteiger partial charge in [-0.3, -0.25) is 4.79 Å². The van der Waals surface area contributed by atoms with Crippen molar-refractivity contribution in [2.45, 2.75) is 40.0 Å². The third-order valence-corrected chi connectivity index (χ3v) is 2.47. The molecule has 2 atom stereocenters. The summed E-state index contributed by atoms with van der Waals surface area (Å²) >= 11 is 0. The van der Waals surface area contributed by atoms with Crippen molar-refractivity contribution in [2.24, 2.45) is 17.8 Å². The highest BCUT2D eigenvalue weighted by atomic mass is 16.1. The van der Waals surface area contributed by atoms with Crippen molar-refractivity contribution < 1.29 is 4.79 Å². The smallest absolute Gasteiger partial charge is 0.136 e. The number of ketones is 1. The van der Waals surface area contributed by atoms with E-state index in [1.807, 2.05) is 0 Å². The van der Waals surface area contributed by atoms with Crippen LogP contribution in [-0.2, 0) is 4.79 Å². The quantitative estimate of drug-likeness (QED) is 0.608. The number of carbonyl (C=O) groups is 1. The van der Waals surface area contributed by atoms with Crippen LogP contribution in [0.15, 0.2) is 0 Å². The Balaban J connectivity index is 2.23. The van der Waals surface area contributed by atoms with Gasteiger partial charge in [0, 0.05) is 12.3 Å². The topological polar surface area (TPSA) is 17.1 Å². The third kappa shape index (κ3) is 2.32. The lowest BCUT2D eigenvalue weighted by Gasteiger charge is -2.01. The minimum absolute atomic E-state index is 0.447. The van der Waals surface area contributed by atoms with E-state index in [1.165, 1.54) is 12.8 Å². The van der Waals surface area contributed by atoms with E-state index < -0.39 is 0 Å². The first-order valence-corrected chi connectivity index (χ1v) is 4.67. The molecule has 11 heavy (non-hydrogen) atoms. The first-order chi connectivity index (χ1) is 5.15. The molecule has 1 heteroatoms. The molecule has 0 heterocycles. The second-order valence-corrected chi connectivity index (χ2v) is 4.07. The first kappa shape index (κ1) is 8.76. The van der Waals surface area contributed by atoms with E-state index in [0.717, 1.165) is 12.3 Å². The summed E-state index contributed by atoms with van der Waals surface area (Å²) in [5, 5.41) is 0. The third-order valence-electron chi connectivity index (χ3n) is 2.47. The molecule has 1 fully saturated rings. The van der Waals surface area contributed by atoms with Gasteiger partial charge in [-0.1, -0.05) is 27.2 Å². The van der Waals surface area contributed by atoms with Gasteiger partial charge in [-0.2, -0.15) is 0 Å². The van der Waals surface area contributed by atoms with Crippen LogP contribution < -0.4 is 0 Å². The average Bonchev–Trinajstić information content (AvgIpc) is 2.63. The molecular weight excluding hydrogens is 136 g/mol.